The molecule has 0 radical (unpaired) electrons. The lowest BCUT2D eigenvalue weighted by Gasteiger charge is -2.26. The molecule has 27 heavy (non-hydrogen) atoms. The van der Waals surface area contributed by atoms with E-state index in [4.69, 9.17) is 4.74 Å². The maximum Gasteiger partial charge on any atom is 0.232 e. The van der Waals surface area contributed by atoms with E-state index in [1.54, 1.807) is 12.0 Å². The van der Waals surface area contributed by atoms with Gasteiger partial charge in [-0.1, -0.05) is 36.4 Å². The first-order valence-corrected chi connectivity index (χ1v) is 9.39. The molecule has 2 aliphatic rings. The first-order valence-electron chi connectivity index (χ1n) is 9.39. The van der Waals surface area contributed by atoms with Crippen molar-refractivity contribution in [2.45, 2.75) is 32.4 Å². The molecule has 0 saturated carbocycles. The molecule has 2 aromatic rings. The van der Waals surface area contributed by atoms with Crippen molar-refractivity contribution in [1.82, 2.24) is 4.90 Å². The Bertz CT molecular complexity index is 879. The Balaban J connectivity index is 1.50. The molecule has 5 heteroatoms. The molecule has 2 atom stereocenters. The Morgan fingerprint density at radius 2 is 1.85 bits per heavy atom. The highest BCUT2D eigenvalue weighted by Gasteiger charge is 2.40. The Morgan fingerprint density at radius 1 is 1.11 bits per heavy atom. The highest BCUT2D eigenvalue weighted by molar-refractivity contribution is 6.01. The number of hydrogen-bond acceptors (Lipinski definition) is 3. The fourth-order valence-corrected chi connectivity index (χ4v) is 4.23. The number of nitrogens with zero attached hydrogens (tertiary/aromatic N) is 2. The molecular weight excluding hydrogens is 340 g/mol. The normalized spacial score (nSPS) is 21.5. The van der Waals surface area contributed by atoms with Gasteiger partial charge in [0.15, 0.2) is 0 Å². The number of likely N-dealkylation sites (tertiary alicyclic amines) is 1. The predicted octanol–water partition coefficient (Wildman–Crippen LogP) is 3.02. The molecule has 1 saturated heterocycles. The topological polar surface area (TPSA) is 49.9 Å². The average Bonchev–Trinajstić information content (AvgIpc) is 3.21. The van der Waals surface area contributed by atoms with E-state index in [2.05, 4.69) is 13.0 Å². The van der Waals surface area contributed by atoms with Crippen molar-refractivity contribution < 1.29 is 14.3 Å². The van der Waals surface area contributed by atoms with Gasteiger partial charge in [-0.25, -0.2) is 0 Å². The van der Waals surface area contributed by atoms with E-state index in [0.29, 0.717) is 13.1 Å². The average molecular weight is 364 g/mol. The van der Waals surface area contributed by atoms with Crippen molar-refractivity contribution in [1.29, 1.82) is 0 Å². The zero-order valence-electron chi connectivity index (χ0n) is 15.7. The number of anilines is 1. The van der Waals surface area contributed by atoms with Crippen LogP contribution in [0.1, 0.15) is 24.5 Å². The van der Waals surface area contributed by atoms with Crippen LogP contribution in [0.15, 0.2) is 48.5 Å². The Kier molecular flexibility index (Phi) is 4.60. The molecule has 0 aliphatic carbocycles. The molecule has 5 nitrogen and oxygen atoms in total. The molecular formula is C22H24N2O3. The summed E-state index contributed by atoms with van der Waals surface area (Å²) in [5, 5.41) is 0. The van der Waals surface area contributed by atoms with E-state index >= 15 is 0 Å². The standard InChI is InChI=1S/C22H24N2O3/c1-15-11-16-7-3-5-9-19(16)24(15)22(26)18-12-21(25)23(14-18)13-17-8-4-6-10-20(17)27-2/h3-10,15,18H,11-14H2,1-2H3. The molecule has 0 spiro atoms. The number of hydrogen-bond donors (Lipinski definition) is 0. The van der Waals surface area contributed by atoms with Crippen LogP contribution in [0.25, 0.3) is 0 Å². The minimum atomic E-state index is -0.291. The van der Waals surface area contributed by atoms with E-state index in [-0.39, 0.29) is 30.2 Å². The van der Waals surface area contributed by atoms with Crippen molar-refractivity contribution in [3.8, 4) is 5.75 Å². The van der Waals surface area contributed by atoms with Gasteiger partial charge in [0.1, 0.15) is 5.75 Å². The van der Waals surface area contributed by atoms with Gasteiger partial charge in [-0.05, 0) is 31.0 Å². The van der Waals surface area contributed by atoms with Gasteiger partial charge in [0.2, 0.25) is 11.8 Å². The van der Waals surface area contributed by atoms with Gasteiger partial charge < -0.3 is 14.5 Å². The van der Waals surface area contributed by atoms with Gasteiger partial charge >= 0.3 is 0 Å². The quantitative estimate of drug-likeness (QED) is 0.838. The summed E-state index contributed by atoms with van der Waals surface area (Å²) >= 11 is 0. The van der Waals surface area contributed by atoms with Gasteiger partial charge in [-0.2, -0.15) is 0 Å². The predicted molar refractivity (Wildman–Crippen MR) is 104 cm³/mol. The Labute approximate surface area is 159 Å². The fraction of sp³-hybridized carbons (Fsp3) is 0.364. The molecule has 0 N–H and O–H groups in total. The second kappa shape index (κ2) is 7.06. The molecule has 2 unspecified atom stereocenters. The van der Waals surface area contributed by atoms with Crippen LogP contribution < -0.4 is 9.64 Å². The number of amides is 2. The van der Waals surface area contributed by atoms with E-state index in [0.717, 1.165) is 23.4 Å². The third-order valence-corrected chi connectivity index (χ3v) is 5.56. The molecule has 140 valence electrons. The monoisotopic (exact) mass is 364 g/mol. The zero-order valence-corrected chi connectivity index (χ0v) is 15.7. The van der Waals surface area contributed by atoms with Crippen molar-refractivity contribution >= 4 is 17.5 Å². The number of methoxy groups -OCH3 is 1. The molecule has 2 amide bonds. The summed E-state index contributed by atoms with van der Waals surface area (Å²) in [6.07, 6.45) is 1.15. The fourth-order valence-electron chi connectivity index (χ4n) is 4.23. The summed E-state index contributed by atoms with van der Waals surface area (Å²) in [4.78, 5) is 29.4. The van der Waals surface area contributed by atoms with Crippen molar-refractivity contribution in [2.75, 3.05) is 18.6 Å². The summed E-state index contributed by atoms with van der Waals surface area (Å²) in [6.45, 7) is 3.00. The molecule has 0 aromatic heterocycles. The van der Waals surface area contributed by atoms with E-state index in [1.165, 1.54) is 5.56 Å². The number of benzene rings is 2. The van der Waals surface area contributed by atoms with Crippen LogP contribution in [0.3, 0.4) is 0 Å². The minimum Gasteiger partial charge on any atom is -0.496 e. The number of fused-ring (bicyclic) bond motifs is 1. The molecule has 2 aliphatic heterocycles. The van der Waals surface area contributed by atoms with Crippen LogP contribution in [-0.4, -0.2) is 36.4 Å². The molecule has 0 bridgehead atoms. The zero-order chi connectivity index (χ0) is 19.0. The van der Waals surface area contributed by atoms with Gasteiger partial charge in [0, 0.05) is 36.8 Å². The summed E-state index contributed by atoms with van der Waals surface area (Å²) in [6, 6.07) is 15.9. The maximum absolute atomic E-state index is 13.2. The summed E-state index contributed by atoms with van der Waals surface area (Å²) in [7, 11) is 1.63. The molecule has 2 aromatic carbocycles. The molecule has 4 rings (SSSR count). The number of carbonyl (C=O) groups is 2. The number of rotatable bonds is 4. The van der Waals surface area contributed by atoms with E-state index in [9.17, 15) is 9.59 Å². The minimum absolute atomic E-state index is 0.0272. The molecule has 1 fully saturated rings. The lowest BCUT2D eigenvalue weighted by atomic mass is 10.1. The van der Waals surface area contributed by atoms with Crippen LogP contribution in [0.2, 0.25) is 0 Å². The lowest BCUT2D eigenvalue weighted by Crippen LogP contribution is -2.41. The van der Waals surface area contributed by atoms with Crippen LogP contribution in [0.4, 0.5) is 5.69 Å². The highest BCUT2D eigenvalue weighted by Crippen LogP contribution is 2.35. The largest absolute Gasteiger partial charge is 0.496 e. The van der Waals surface area contributed by atoms with Crippen molar-refractivity contribution in [2.24, 2.45) is 5.92 Å². The second-order valence-corrected chi connectivity index (χ2v) is 7.38. The third-order valence-electron chi connectivity index (χ3n) is 5.56. The Hall–Kier alpha value is -2.82. The van der Waals surface area contributed by atoms with Gasteiger partial charge in [0.05, 0.1) is 13.0 Å². The van der Waals surface area contributed by atoms with Crippen LogP contribution in [0.5, 0.6) is 5.75 Å². The van der Waals surface area contributed by atoms with Crippen molar-refractivity contribution in [3.63, 3.8) is 0 Å². The Morgan fingerprint density at radius 3 is 2.67 bits per heavy atom. The summed E-state index contributed by atoms with van der Waals surface area (Å²) in [5.41, 5.74) is 3.15. The third kappa shape index (κ3) is 3.18. The summed E-state index contributed by atoms with van der Waals surface area (Å²) in [5.74, 6) is 0.561. The maximum atomic E-state index is 13.2. The van der Waals surface area contributed by atoms with E-state index in [1.807, 2.05) is 47.4 Å². The SMILES string of the molecule is COc1ccccc1CN1CC(C(=O)N2c3ccccc3CC2C)CC1=O. The number of ether oxygens (including phenoxy) is 1. The first-order chi connectivity index (χ1) is 13.1. The van der Waals surface area contributed by atoms with Gasteiger partial charge in [-0.15, -0.1) is 0 Å². The van der Waals surface area contributed by atoms with Crippen LogP contribution >= 0.6 is 0 Å². The first kappa shape index (κ1) is 17.6. The van der Waals surface area contributed by atoms with Crippen molar-refractivity contribution in [3.05, 3.63) is 59.7 Å². The smallest absolute Gasteiger partial charge is 0.232 e. The lowest BCUT2D eigenvalue weighted by molar-refractivity contribution is -0.129. The number of carbonyl (C=O) groups excluding carboxylic acids is 2. The highest BCUT2D eigenvalue weighted by atomic mass is 16.5. The van der Waals surface area contributed by atoms with Crippen LogP contribution in [0, 0.1) is 5.92 Å². The second-order valence-electron chi connectivity index (χ2n) is 7.38. The van der Waals surface area contributed by atoms with E-state index < -0.39 is 0 Å². The molecule has 2 heterocycles. The number of para-hydroxylation sites is 2. The van der Waals surface area contributed by atoms with Crippen LogP contribution in [-0.2, 0) is 22.6 Å². The van der Waals surface area contributed by atoms with Gasteiger partial charge in [-0.3, -0.25) is 9.59 Å². The summed E-state index contributed by atoms with van der Waals surface area (Å²) < 4.78 is 5.39. The van der Waals surface area contributed by atoms with Gasteiger partial charge in [0.25, 0.3) is 0 Å².